The molecule has 0 aromatic carbocycles. The van der Waals surface area contributed by atoms with Gasteiger partial charge >= 0.3 is 12.1 Å². The molecule has 0 saturated carbocycles. The number of hydrogen-bond donors (Lipinski definition) is 2. The molecule has 2 N–H and O–H groups in total. The average Bonchev–Trinajstić information content (AvgIpc) is 2.34. The van der Waals surface area contributed by atoms with Gasteiger partial charge in [0.15, 0.2) is 0 Å². The summed E-state index contributed by atoms with van der Waals surface area (Å²) in [5.74, 6) is -0.957. The molecular weight excluding hydrogens is 226 g/mol. The molecule has 1 heterocycles. The Morgan fingerprint density at radius 2 is 2.35 bits per heavy atom. The van der Waals surface area contributed by atoms with Crippen LogP contribution in [0.3, 0.4) is 0 Å². The highest BCUT2D eigenvalue weighted by atomic mass is 16.5. The van der Waals surface area contributed by atoms with E-state index in [1.165, 1.54) is 6.08 Å². The Balaban J connectivity index is 2.47. The molecule has 1 unspecified atom stereocenters. The van der Waals surface area contributed by atoms with Crippen LogP contribution in [0.25, 0.3) is 0 Å². The van der Waals surface area contributed by atoms with Crippen molar-refractivity contribution in [3.63, 3.8) is 0 Å². The van der Waals surface area contributed by atoms with E-state index in [0.29, 0.717) is 19.4 Å². The summed E-state index contributed by atoms with van der Waals surface area (Å²) >= 11 is 0. The molecule has 1 rings (SSSR count). The number of ether oxygens (including phenoxy) is 2. The fraction of sp³-hybridized carbons (Fsp3) is 0.636. The Bertz CT molecular complexity index is 296. The number of amides is 1. The summed E-state index contributed by atoms with van der Waals surface area (Å²) in [5.41, 5.74) is -1.04. The summed E-state index contributed by atoms with van der Waals surface area (Å²) in [6.07, 6.45) is 1.96. The third kappa shape index (κ3) is 3.74. The van der Waals surface area contributed by atoms with Crippen molar-refractivity contribution in [3.05, 3.63) is 12.7 Å². The lowest BCUT2D eigenvalue weighted by molar-refractivity contribution is -0.156. The van der Waals surface area contributed by atoms with E-state index in [4.69, 9.17) is 9.47 Å². The summed E-state index contributed by atoms with van der Waals surface area (Å²) < 4.78 is 9.88. The number of carbonyl (C=O) groups excluding carboxylic acids is 1. The minimum absolute atomic E-state index is 0.0122. The average molecular weight is 243 g/mol. The van der Waals surface area contributed by atoms with Crippen molar-refractivity contribution in [2.75, 3.05) is 26.4 Å². The third-order valence-corrected chi connectivity index (χ3v) is 2.68. The maximum absolute atomic E-state index is 11.2. The van der Waals surface area contributed by atoms with E-state index in [-0.39, 0.29) is 19.8 Å². The Kier molecular flexibility index (Phi) is 4.96. The van der Waals surface area contributed by atoms with Crippen LogP contribution in [0.2, 0.25) is 0 Å². The van der Waals surface area contributed by atoms with E-state index in [1.807, 2.05) is 0 Å². The Hall–Kier alpha value is -1.56. The minimum atomic E-state index is -1.04. The van der Waals surface area contributed by atoms with Crippen molar-refractivity contribution in [2.45, 2.75) is 12.8 Å². The van der Waals surface area contributed by atoms with Crippen molar-refractivity contribution in [3.8, 4) is 0 Å². The molecular formula is C11H17NO5. The van der Waals surface area contributed by atoms with Gasteiger partial charge < -0.3 is 19.9 Å². The van der Waals surface area contributed by atoms with Gasteiger partial charge in [-0.25, -0.2) is 4.79 Å². The zero-order valence-electron chi connectivity index (χ0n) is 9.61. The molecule has 1 aliphatic rings. The van der Waals surface area contributed by atoms with Gasteiger partial charge in [0.25, 0.3) is 0 Å². The molecule has 6 heteroatoms. The largest absolute Gasteiger partial charge is 0.481 e. The second-order valence-corrected chi connectivity index (χ2v) is 3.98. The first kappa shape index (κ1) is 13.5. The summed E-state index contributed by atoms with van der Waals surface area (Å²) in [6.45, 7) is 4.20. The van der Waals surface area contributed by atoms with Crippen molar-refractivity contribution in [1.82, 2.24) is 5.32 Å². The van der Waals surface area contributed by atoms with Crippen molar-refractivity contribution < 1.29 is 24.2 Å². The second-order valence-electron chi connectivity index (χ2n) is 3.98. The van der Waals surface area contributed by atoms with Crippen LogP contribution in [-0.2, 0) is 14.3 Å². The fourth-order valence-electron chi connectivity index (χ4n) is 1.66. The van der Waals surface area contributed by atoms with Gasteiger partial charge in [-0.3, -0.25) is 4.79 Å². The van der Waals surface area contributed by atoms with E-state index in [9.17, 15) is 14.7 Å². The topological polar surface area (TPSA) is 84.9 Å². The molecule has 0 aromatic heterocycles. The Morgan fingerprint density at radius 3 is 2.88 bits per heavy atom. The van der Waals surface area contributed by atoms with Crippen LogP contribution in [0.15, 0.2) is 12.7 Å². The molecule has 1 atom stereocenters. The number of nitrogens with one attached hydrogen (secondary N) is 1. The lowest BCUT2D eigenvalue weighted by Crippen LogP contribution is -2.48. The molecule has 0 spiro atoms. The first-order valence-corrected chi connectivity index (χ1v) is 5.43. The van der Waals surface area contributed by atoms with E-state index in [2.05, 4.69) is 11.9 Å². The predicted molar refractivity (Wildman–Crippen MR) is 59.7 cm³/mol. The van der Waals surface area contributed by atoms with E-state index < -0.39 is 17.5 Å². The molecule has 1 saturated heterocycles. The van der Waals surface area contributed by atoms with Gasteiger partial charge in [-0.15, -0.1) is 0 Å². The predicted octanol–water partition coefficient (Wildman–Crippen LogP) is 0.780. The highest BCUT2D eigenvalue weighted by Gasteiger charge is 2.41. The summed E-state index contributed by atoms with van der Waals surface area (Å²) in [7, 11) is 0. The zero-order valence-corrected chi connectivity index (χ0v) is 9.61. The van der Waals surface area contributed by atoms with Crippen LogP contribution in [0.4, 0.5) is 4.79 Å². The highest BCUT2D eigenvalue weighted by Crippen LogP contribution is 2.28. The highest BCUT2D eigenvalue weighted by molar-refractivity contribution is 5.76. The number of hydrogen-bond acceptors (Lipinski definition) is 4. The van der Waals surface area contributed by atoms with Crippen molar-refractivity contribution >= 4 is 12.1 Å². The third-order valence-electron chi connectivity index (χ3n) is 2.68. The summed E-state index contributed by atoms with van der Waals surface area (Å²) in [6, 6.07) is 0. The molecule has 0 bridgehead atoms. The summed E-state index contributed by atoms with van der Waals surface area (Å²) in [4.78, 5) is 22.4. The number of carbonyl (C=O) groups is 2. The number of carboxylic acids is 1. The molecule has 1 amide bonds. The van der Waals surface area contributed by atoms with Gasteiger partial charge in [0.1, 0.15) is 12.0 Å². The van der Waals surface area contributed by atoms with Gasteiger partial charge in [-0.1, -0.05) is 12.7 Å². The second kappa shape index (κ2) is 6.24. The lowest BCUT2D eigenvalue weighted by atomic mass is 9.82. The minimum Gasteiger partial charge on any atom is -0.481 e. The standard InChI is InChI=1S/C11H17NO5/c1-2-5-17-10(15)12-7-11(9(13)14)4-3-6-16-8-11/h2H,1,3-8H2,(H,12,15)(H,13,14). The molecule has 1 aliphatic heterocycles. The zero-order chi connectivity index (χ0) is 12.7. The molecule has 0 aromatic rings. The van der Waals surface area contributed by atoms with Gasteiger partial charge in [0.05, 0.1) is 6.61 Å². The monoisotopic (exact) mass is 243 g/mol. The van der Waals surface area contributed by atoms with E-state index >= 15 is 0 Å². The Morgan fingerprint density at radius 1 is 1.59 bits per heavy atom. The first-order chi connectivity index (χ1) is 8.10. The molecule has 17 heavy (non-hydrogen) atoms. The molecule has 6 nitrogen and oxygen atoms in total. The van der Waals surface area contributed by atoms with Crippen LogP contribution in [0, 0.1) is 5.41 Å². The number of alkyl carbamates (subject to hydrolysis) is 1. The maximum Gasteiger partial charge on any atom is 0.407 e. The summed E-state index contributed by atoms with van der Waals surface area (Å²) in [5, 5.41) is 11.6. The molecule has 1 fully saturated rings. The van der Waals surface area contributed by atoms with Crippen LogP contribution in [0.1, 0.15) is 12.8 Å². The normalized spacial score (nSPS) is 23.8. The van der Waals surface area contributed by atoms with E-state index in [1.54, 1.807) is 0 Å². The molecule has 96 valence electrons. The van der Waals surface area contributed by atoms with Crippen molar-refractivity contribution in [1.29, 1.82) is 0 Å². The Labute approximate surface area is 99.6 Å². The molecule has 0 radical (unpaired) electrons. The van der Waals surface area contributed by atoms with Crippen LogP contribution in [-0.4, -0.2) is 43.5 Å². The van der Waals surface area contributed by atoms with Crippen LogP contribution < -0.4 is 5.32 Å². The number of carboxylic acid groups (broad SMARTS) is 1. The van der Waals surface area contributed by atoms with E-state index in [0.717, 1.165) is 0 Å². The van der Waals surface area contributed by atoms with Crippen LogP contribution >= 0.6 is 0 Å². The number of aliphatic carboxylic acids is 1. The SMILES string of the molecule is C=CCOC(=O)NCC1(C(=O)O)CCCOC1. The van der Waals surface area contributed by atoms with Gasteiger partial charge in [-0.05, 0) is 12.8 Å². The molecule has 0 aliphatic carbocycles. The van der Waals surface area contributed by atoms with Crippen molar-refractivity contribution in [2.24, 2.45) is 5.41 Å². The van der Waals surface area contributed by atoms with Gasteiger partial charge in [0, 0.05) is 13.2 Å². The number of rotatable bonds is 5. The van der Waals surface area contributed by atoms with Crippen LogP contribution in [0.5, 0.6) is 0 Å². The smallest absolute Gasteiger partial charge is 0.407 e. The quantitative estimate of drug-likeness (QED) is 0.697. The fourth-order valence-corrected chi connectivity index (χ4v) is 1.66. The maximum atomic E-state index is 11.2. The van der Waals surface area contributed by atoms with Gasteiger partial charge in [-0.2, -0.15) is 0 Å². The first-order valence-electron chi connectivity index (χ1n) is 5.43. The lowest BCUT2D eigenvalue weighted by Gasteiger charge is -2.32. The van der Waals surface area contributed by atoms with Gasteiger partial charge in [0.2, 0.25) is 0 Å².